The average Bonchev–Trinajstić information content (AvgIpc) is 2.80. The van der Waals surface area contributed by atoms with E-state index in [1.165, 1.54) is 20.3 Å². The lowest BCUT2D eigenvalue weighted by Gasteiger charge is -2.06. The zero-order chi connectivity index (χ0) is 14.9. The lowest BCUT2D eigenvalue weighted by molar-refractivity contribution is -0.141. The van der Waals surface area contributed by atoms with Gasteiger partial charge in [0.05, 0.1) is 20.3 Å². The fraction of sp³-hybridized carbons (Fsp3) is 0.300. The highest BCUT2D eigenvalue weighted by Gasteiger charge is 2.34. The van der Waals surface area contributed by atoms with E-state index in [9.17, 15) is 18.0 Å². The van der Waals surface area contributed by atoms with Crippen LogP contribution in [0.15, 0.2) is 16.9 Å². The van der Waals surface area contributed by atoms with Crippen LogP contribution in [0.4, 0.5) is 13.2 Å². The first kappa shape index (κ1) is 13.9. The quantitative estimate of drug-likeness (QED) is 0.911. The molecule has 2 aromatic heterocycles. The van der Waals surface area contributed by atoms with Crippen molar-refractivity contribution in [1.82, 2.24) is 19.7 Å². The van der Waals surface area contributed by atoms with Gasteiger partial charge in [0, 0.05) is 6.07 Å². The first-order valence-electron chi connectivity index (χ1n) is 5.22. The molecule has 0 spiro atoms. The minimum atomic E-state index is -4.67. The van der Waals surface area contributed by atoms with E-state index in [2.05, 4.69) is 9.97 Å². The summed E-state index contributed by atoms with van der Waals surface area (Å²) in [7, 11) is 2.62. The maximum absolute atomic E-state index is 12.5. The van der Waals surface area contributed by atoms with Gasteiger partial charge in [-0.3, -0.25) is 9.89 Å². The number of H-pyrrole nitrogens is 1. The van der Waals surface area contributed by atoms with E-state index in [4.69, 9.17) is 9.47 Å². The fourth-order valence-corrected chi connectivity index (χ4v) is 1.39. The zero-order valence-electron chi connectivity index (χ0n) is 10.4. The minimum Gasteiger partial charge on any atom is -0.481 e. The second-order valence-corrected chi connectivity index (χ2v) is 3.59. The Morgan fingerprint density at radius 2 is 1.70 bits per heavy atom. The summed E-state index contributed by atoms with van der Waals surface area (Å²) in [5.41, 5.74) is -2.15. The molecule has 0 aliphatic carbocycles. The van der Waals surface area contributed by atoms with Gasteiger partial charge in [0.25, 0.3) is 11.5 Å². The summed E-state index contributed by atoms with van der Waals surface area (Å²) in [5.74, 6) is -0.231. The van der Waals surface area contributed by atoms with Crippen LogP contribution in [0.25, 0.3) is 5.95 Å². The molecule has 0 aliphatic heterocycles. The predicted octanol–water partition coefficient (Wildman–Crippen LogP) is 0.992. The van der Waals surface area contributed by atoms with Crippen molar-refractivity contribution in [3.63, 3.8) is 0 Å². The Kier molecular flexibility index (Phi) is 3.38. The molecule has 0 radical (unpaired) electrons. The van der Waals surface area contributed by atoms with E-state index in [0.717, 1.165) is 0 Å². The van der Waals surface area contributed by atoms with Crippen molar-refractivity contribution in [3.05, 3.63) is 28.2 Å². The van der Waals surface area contributed by atoms with Gasteiger partial charge in [0.1, 0.15) is 5.69 Å². The number of nitrogens with one attached hydrogen (secondary N) is 1. The number of aromatic amines is 1. The van der Waals surface area contributed by atoms with Crippen LogP contribution in [-0.2, 0) is 6.18 Å². The van der Waals surface area contributed by atoms with Gasteiger partial charge in [0.15, 0.2) is 0 Å². The molecule has 0 atom stereocenters. The fourth-order valence-electron chi connectivity index (χ4n) is 1.39. The van der Waals surface area contributed by atoms with E-state index in [1.54, 1.807) is 0 Å². The number of halogens is 3. The smallest absolute Gasteiger partial charge is 0.432 e. The molecule has 0 aromatic carbocycles. The van der Waals surface area contributed by atoms with E-state index in [-0.39, 0.29) is 17.7 Å². The number of methoxy groups -OCH3 is 2. The second kappa shape index (κ2) is 4.87. The van der Waals surface area contributed by atoms with Gasteiger partial charge < -0.3 is 9.47 Å². The molecule has 1 N–H and O–H groups in total. The molecule has 2 heterocycles. The van der Waals surface area contributed by atoms with Crippen molar-refractivity contribution in [2.24, 2.45) is 0 Å². The molecular formula is C10H9F3N4O3. The average molecular weight is 290 g/mol. The van der Waals surface area contributed by atoms with Gasteiger partial charge in [-0.15, -0.1) is 0 Å². The van der Waals surface area contributed by atoms with Crippen molar-refractivity contribution in [3.8, 4) is 17.7 Å². The lowest BCUT2D eigenvalue weighted by atomic mass is 10.4. The first-order chi connectivity index (χ1) is 9.35. The largest absolute Gasteiger partial charge is 0.481 e. The molecule has 0 fully saturated rings. The molecule has 2 rings (SSSR count). The van der Waals surface area contributed by atoms with E-state index in [1.807, 2.05) is 5.10 Å². The summed E-state index contributed by atoms with van der Waals surface area (Å²) >= 11 is 0. The SMILES string of the molecule is COc1cc(OC)nc(-n2[nH]c(C(F)(F)F)cc2=O)n1. The summed E-state index contributed by atoms with van der Waals surface area (Å²) < 4.78 is 47.8. The minimum absolute atomic E-state index is 0.0434. The Labute approximate surface area is 110 Å². The highest BCUT2D eigenvalue weighted by atomic mass is 19.4. The Bertz CT molecular complexity index is 655. The molecule has 0 unspecified atom stereocenters. The normalized spacial score (nSPS) is 11.4. The molecule has 2 aromatic rings. The number of hydrogen-bond donors (Lipinski definition) is 1. The second-order valence-electron chi connectivity index (χ2n) is 3.59. The highest BCUT2D eigenvalue weighted by molar-refractivity contribution is 5.27. The summed E-state index contributed by atoms with van der Waals surface area (Å²) in [6, 6.07) is 1.73. The standard InChI is InChI=1S/C10H9F3N4O3/c1-19-6-4-7(20-2)15-9(14-6)17-8(18)3-5(16-17)10(11,12)13/h3-4,16H,1-2H3. The third-order valence-electron chi connectivity index (χ3n) is 2.31. The third-order valence-corrected chi connectivity index (χ3v) is 2.31. The Balaban J connectivity index is 2.57. The first-order valence-corrected chi connectivity index (χ1v) is 5.22. The molecule has 108 valence electrons. The molecule has 0 aliphatic rings. The molecule has 0 saturated heterocycles. The molecule has 0 amide bonds. The summed E-state index contributed by atoms with van der Waals surface area (Å²) in [5, 5.41) is 1.88. The topological polar surface area (TPSA) is 82.0 Å². The van der Waals surface area contributed by atoms with Crippen LogP contribution in [0, 0.1) is 0 Å². The number of nitrogens with zero attached hydrogens (tertiary/aromatic N) is 3. The van der Waals surface area contributed by atoms with Crippen LogP contribution in [0.5, 0.6) is 11.8 Å². The van der Waals surface area contributed by atoms with Crippen LogP contribution < -0.4 is 15.0 Å². The molecule has 10 heteroatoms. The number of aromatic nitrogens is 4. The molecular weight excluding hydrogens is 281 g/mol. The van der Waals surface area contributed by atoms with Gasteiger partial charge >= 0.3 is 6.18 Å². The Morgan fingerprint density at radius 3 is 2.10 bits per heavy atom. The third kappa shape index (κ3) is 2.58. The van der Waals surface area contributed by atoms with Crippen LogP contribution in [-0.4, -0.2) is 34.0 Å². The van der Waals surface area contributed by atoms with Gasteiger partial charge in [-0.25, -0.2) is 0 Å². The summed E-state index contributed by atoms with van der Waals surface area (Å²) in [6.07, 6.45) is -4.67. The van der Waals surface area contributed by atoms with Crippen molar-refractivity contribution in [1.29, 1.82) is 0 Å². The van der Waals surface area contributed by atoms with Gasteiger partial charge in [0.2, 0.25) is 11.8 Å². The summed E-state index contributed by atoms with van der Waals surface area (Å²) in [6.45, 7) is 0. The van der Waals surface area contributed by atoms with E-state index in [0.29, 0.717) is 10.7 Å². The molecule has 0 bridgehead atoms. The Morgan fingerprint density at radius 1 is 1.15 bits per heavy atom. The Hall–Kier alpha value is -2.52. The van der Waals surface area contributed by atoms with Gasteiger partial charge in [-0.2, -0.15) is 27.8 Å². The molecule has 7 nitrogen and oxygen atoms in total. The van der Waals surface area contributed by atoms with Gasteiger partial charge in [-0.05, 0) is 0 Å². The zero-order valence-corrected chi connectivity index (χ0v) is 10.4. The van der Waals surface area contributed by atoms with E-state index < -0.39 is 17.4 Å². The number of hydrogen-bond acceptors (Lipinski definition) is 5. The van der Waals surface area contributed by atoms with Crippen LogP contribution >= 0.6 is 0 Å². The van der Waals surface area contributed by atoms with E-state index >= 15 is 0 Å². The van der Waals surface area contributed by atoms with Crippen molar-refractivity contribution >= 4 is 0 Å². The van der Waals surface area contributed by atoms with Gasteiger partial charge in [-0.1, -0.05) is 0 Å². The summed E-state index contributed by atoms with van der Waals surface area (Å²) in [4.78, 5) is 19.1. The van der Waals surface area contributed by atoms with Crippen molar-refractivity contribution in [2.45, 2.75) is 6.18 Å². The maximum atomic E-state index is 12.5. The predicted molar refractivity (Wildman–Crippen MR) is 60.1 cm³/mol. The molecule has 0 saturated carbocycles. The highest BCUT2D eigenvalue weighted by Crippen LogP contribution is 2.26. The number of alkyl halides is 3. The van der Waals surface area contributed by atoms with Crippen LogP contribution in [0.2, 0.25) is 0 Å². The van der Waals surface area contributed by atoms with Crippen LogP contribution in [0.1, 0.15) is 5.69 Å². The van der Waals surface area contributed by atoms with Crippen molar-refractivity contribution in [2.75, 3.05) is 14.2 Å². The number of rotatable bonds is 3. The van der Waals surface area contributed by atoms with Crippen molar-refractivity contribution < 1.29 is 22.6 Å². The number of ether oxygens (including phenoxy) is 2. The monoisotopic (exact) mass is 290 g/mol. The maximum Gasteiger partial charge on any atom is 0.432 e. The lowest BCUT2D eigenvalue weighted by Crippen LogP contribution is -2.17. The van der Waals surface area contributed by atoms with Crippen LogP contribution in [0.3, 0.4) is 0 Å². The molecule has 20 heavy (non-hydrogen) atoms.